The highest BCUT2D eigenvalue weighted by Gasteiger charge is 2.06. The van der Waals surface area contributed by atoms with Crippen LogP contribution in [0.5, 0.6) is 0 Å². The van der Waals surface area contributed by atoms with Crippen LogP contribution in [0.3, 0.4) is 0 Å². The van der Waals surface area contributed by atoms with Gasteiger partial charge in [0.25, 0.3) is 0 Å². The maximum Gasteiger partial charge on any atom is 0.315 e. The molecule has 0 bridgehead atoms. The molecule has 0 aromatic heterocycles. The van der Waals surface area contributed by atoms with Gasteiger partial charge in [0.05, 0.1) is 6.10 Å². The first-order valence-electron chi connectivity index (χ1n) is 4.27. The van der Waals surface area contributed by atoms with Gasteiger partial charge in [-0.25, -0.2) is 4.79 Å². The molecule has 0 heterocycles. The van der Waals surface area contributed by atoms with E-state index in [9.17, 15) is 4.79 Å². The molecule has 2 atom stereocenters. The van der Waals surface area contributed by atoms with Gasteiger partial charge in [-0.3, -0.25) is 0 Å². The Kier molecular flexibility index (Phi) is 6.80. The van der Waals surface area contributed by atoms with E-state index in [0.29, 0.717) is 0 Å². The number of rotatable bonds is 5. The number of thioether (sulfide) groups is 1. The molecule has 0 fully saturated rings. The third kappa shape index (κ3) is 7.93. The highest BCUT2D eigenvalue weighted by atomic mass is 32.2. The maximum atomic E-state index is 11.1. The van der Waals surface area contributed by atoms with Crippen molar-refractivity contribution < 1.29 is 9.90 Å². The first-order valence-corrected chi connectivity index (χ1v) is 5.67. The fraction of sp³-hybridized carbons (Fsp3) is 0.875. The minimum absolute atomic E-state index is 0.156. The van der Waals surface area contributed by atoms with Crippen LogP contribution in [0.1, 0.15) is 13.8 Å². The molecule has 0 aliphatic heterocycles. The van der Waals surface area contributed by atoms with Gasteiger partial charge >= 0.3 is 6.03 Å². The number of nitrogens with one attached hydrogen (secondary N) is 2. The van der Waals surface area contributed by atoms with Gasteiger partial charge in [0.15, 0.2) is 0 Å². The summed E-state index contributed by atoms with van der Waals surface area (Å²) in [6, 6.07) is -0.0635. The minimum Gasteiger partial charge on any atom is -0.392 e. The zero-order valence-corrected chi connectivity index (χ0v) is 9.15. The third-order valence-corrected chi connectivity index (χ3v) is 2.19. The van der Waals surface area contributed by atoms with Crippen LogP contribution >= 0.6 is 11.8 Å². The van der Waals surface area contributed by atoms with E-state index in [-0.39, 0.29) is 18.6 Å². The predicted molar refractivity (Wildman–Crippen MR) is 56.1 cm³/mol. The van der Waals surface area contributed by atoms with Crippen molar-refractivity contribution >= 4 is 17.8 Å². The fourth-order valence-electron chi connectivity index (χ4n) is 0.807. The van der Waals surface area contributed by atoms with Crippen molar-refractivity contribution in [3.8, 4) is 0 Å². The number of carbonyl (C=O) groups is 1. The third-order valence-electron chi connectivity index (χ3n) is 1.35. The van der Waals surface area contributed by atoms with E-state index < -0.39 is 6.10 Å². The zero-order valence-electron chi connectivity index (χ0n) is 8.33. The van der Waals surface area contributed by atoms with Crippen LogP contribution in [-0.4, -0.2) is 41.8 Å². The molecule has 0 aromatic carbocycles. The first-order chi connectivity index (χ1) is 6.06. The van der Waals surface area contributed by atoms with Gasteiger partial charge in [-0.1, -0.05) is 0 Å². The van der Waals surface area contributed by atoms with Crippen molar-refractivity contribution in [3.05, 3.63) is 0 Å². The second kappa shape index (κ2) is 7.03. The van der Waals surface area contributed by atoms with Gasteiger partial charge in [0.1, 0.15) is 0 Å². The van der Waals surface area contributed by atoms with Crippen LogP contribution in [0.25, 0.3) is 0 Å². The Morgan fingerprint density at radius 3 is 2.62 bits per heavy atom. The predicted octanol–water partition coefficient (Wildman–Crippen LogP) is 0.418. The van der Waals surface area contributed by atoms with Gasteiger partial charge in [0.2, 0.25) is 0 Å². The SMILES string of the molecule is CSC[C@@H](C)NC(=O)NC[C@@H](C)O. The van der Waals surface area contributed by atoms with Crippen molar-refractivity contribution in [1.82, 2.24) is 10.6 Å². The molecule has 2 amide bonds. The lowest BCUT2D eigenvalue weighted by Crippen LogP contribution is -2.43. The normalized spacial score (nSPS) is 14.8. The highest BCUT2D eigenvalue weighted by Crippen LogP contribution is 1.95. The number of amides is 2. The molecule has 3 N–H and O–H groups in total. The number of carbonyl (C=O) groups excluding carboxylic acids is 1. The molecule has 0 spiro atoms. The van der Waals surface area contributed by atoms with Crippen LogP contribution in [0.2, 0.25) is 0 Å². The number of hydrogen-bond donors (Lipinski definition) is 3. The Balaban J connectivity index is 3.50. The lowest BCUT2D eigenvalue weighted by Gasteiger charge is -2.13. The summed E-state index contributed by atoms with van der Waals surface area (Å²) >= 11 is 1.68. The first kappa shape index (κ1) is 12.6. The maximum absolute atomic E-state index is 11.1. The Hall–Kier alpha value is -0.420. The monoisotopic (exact) mass is 206 g/mol. The summed E-state index contributed by atoms with van der Waals surface area (Å²) in [6.07, 6.45) is 1.49. The van der Waals surface area contributed by atoms with E-state index in [1.807, 2.05) is 13.2 Å². The molecular formula is C8H18N2O2S. The molecule has 78 valence electrons. The van der Waals surface area contributed by atoms with E-state index in [2.05, 4.69) is 10.6 Å². The molecule has 0 saturated carbocycles. The summed E-state index contributed by atoms with van der Waals surface area (Å²) in [5.74, 6) is 0.891. The molecule has 0 aliphatic rings. The van der Waals surface area contributed by atoms with Crippen molar-refractivity contribution in [3.63, 3.8) is 0 Å². The van der Waals surface area contributed by atoms with E-state index >= 15 is 0 Å². The Morgan fingerprint density at radius 1 is 1.54 bits per heavy atom. The van der Waals surface area contributed by atoms with Crippen LogP contribution < -0.4 is 10.6 Å². The summed E-state index contributed by atoms with van der Waals surface area (Å²) in [4.78, 5) is 11.1. The van der Waals surface area contributed by atoms with Crippen LogP contribution in [0, 0.1) is 0 Å². The lowest BCUT2D eigenvalue weighted by molar-refractivity contribution is 0.187. The summed E-state index contributed by atoms with van der Waals surface area (Å²) in [5.41, 5.74) is 0. The van der Waals surface area contributed by atoms with E-state index in [1.165, 1.54) is 0 Å². The molecule has 5 heteroatoms. The summed E-state index contributed by atoms with van der Waals surface area (Å²) in [5, 5.41) is 14.2. The average molecular weight is 206 g/mol. The van der Waals surface area contributed by atoms with Gasteiger partial charge in [-0.15, -0.1) is 0 Å². The number of aliphatic hydroxyl groups excluding tert-OH is 1. The van der Waals surface area contributed by atoms with Gasteiger partial charge in [0, 0.05) is 18.3 Å². The van der Waals surface area contributed by atoms with Crippen LogP contribution in [0.15, 0.2) is 0 Å². The summed E-state index contributed by atoms with van der Waals surface area (Å²) in [7, 11) is 0. The molecular weight excluding hydrogens is 188 g/mol. The summed E-state index contributed by atoms with van der Waals surface area (Å²) in [6.45, 7) is 3.86. The number of aliphatic hydroxyl groups is 1. The van der Waals surface area contributed by atoms with E-state index in [0.717, 1.165) is 5.75 Å². The highest BCUT2D eigenvalue weighted by molar-refractivity contribution is 7.98. The fourth-order valence-corrected chi connectivity index (χ4v) is 1.39. The van der Waals surface area contributed by atoms with Crippen molar-refractivity contribution in [1.29, 1.82) is 0 Å². The standard InChI is InChI=1S/C8H18N2O2S/c1-6(5-13-3)10-8(12)9-4-7(2)11/h6-7,11H,4-5H2,1-3H3,(H2,9,10,12)/t6-,7-/m1/s1. The second-order valence-corrected chi connectivity index (χ2v) is 3.97. The Labute approximate surface area is 83.5 Å². The average Bonchev–Trinajstić information content (AvgIpc) is 2.01. The van der Waals surface area contributed by atoms with Crippen molar-refractivity contribution in [2.75, 3.05) is 18.6 Å². The Morgan fingerprint density at radius 2 is 2.15 bits per heavy atom. The molecule has 0 radical (unpaired) electrons. The van der Waals surface area contributed by atoms with Crippen LogP contribution in [0.4, 0.5) is 4.79 Å². The van der Waals surface area contributed by atoms with Crippen molar-refractivity contribution in [2.24, 2.45) is 0 Å². The topological polar surface area (TPSA) is 61.4 Å². The smallest absolute Gasteiger partial charge is 0.315 e. The summed E-state index contributed by atoms with van der Waals surface area (Å²) < 4.78 is 0. The van der Waals surface area contributed by atoms with E-state index in [1.54, 1.807) is 18.7 Å². The zero-order chi connectivity index (χ0) is 10.3. The van der Waals surface area contributed by atoms with Gasteiger partial charge in [-0.2, -0.15) is 11.8 Å². The Bertz CT molecular complexity index is 153. The molecule has 4 nitrogen and oxygen atoms in total. The molecule has 0 aromatic rings. The van der Waals surface area contributed by atoms with Gasteiger partial charge < -0.3 is 15.7 Å². The molecule has 0 aliphatic carbocycles. The number of urea groups is 1. The minimum atomic E-state index is -0.499. The number of hydrogen-bond acceptors (Lipinski definition) is 3. The molecule has 13 heavy (non-hydrogen) atoms. The molecule has 0 rings (SSSR count). The van der Waals surface area contributed by atoms with E-state index in [4.69, 9.17) is 5.11 Å². The molecule has 0 saturated heterocycles. The quantitative estimate of drug-likeness (QED) is 0.611. The largest absolute Gasteiger partial charge is 0.392 e. The molecule has 0 unspecified atom stereocenters. The second-order valence-electron chi connectivity index (χ2n) is 3.06. The van der Waals surface area contributed by atoms with Gasteiger partial charge in [-0.05, 0) is 20.1 Å². The van der Waals surface area contributed by atoms with Crippen molar-refractivity contribution in [2.45, 2.75) is 26.0 Å². The lowest BCUT2D eigenvalue weighted by atomic mass is 10.4. The van der Waals surface area contributed by atoms with Crippen LogP contribution in [-0.2, 0) is 0 Å².